The van der Waals surface area contributed by atoms with Crippen LogP contribution < -0.4 is 0 Å². The third-order valence-electron chi connectivity index (χ3n) is 4.16. The molecular formula is C17H21NO. The summed E-state index contributed by atoms with van der Waals surface area (Å²) in [5, 5.41) is 12.3. The van der Waals surface area contributed by atoms with Crippen LogP contribution in [0.25, 0.3) is 10.8 Å². The van der Waals surface area contributed by atoms with Gasteiger partial charge in [0.05, 0.1) is 12.6 Å². The zero-order valence-corrected chi connectivity index (χ0v) is 11.5. The van der Waals surface area contributed by atoms with Gasteiger partial charge in [-0.05, 0) is 55.3 Å². The van der Waals surface area contributed by atoms with Gasteiger partial charge in [-0.25, -0.2) is 0 Å². The van der Waals surface area contributed by atoms with Crippen LogP contribution in [0.2, 0.25) is 0 Å². The van der Waals surface area contributed by atoms with Crippen molar-refractivity contribution in [3.63, 3.8) is 0 Å². The lowest BCUT2D eigenvalue weighted by Crippen LogP contribution is -2.28. The number of nitrogens with zero attached hydrogens (tertiary/aromatic N) is 1. The van der Waals surface area contributed by atoms with Crippen molar-refractivity contribution in [3.05, 3.63) is 47.5 Å². The highest BCUT2D eigenvalue weighted by Crippen LogP contribution is 2.27. The molecule has 0 spiro atoms. The highest BCUT2D eigenvalue weighted by molar-refractivity contribution is 5.83. The Hall–Kier alpha value is -1.38. The van der Waals surface area contributed by atoms with Crippen molar-refractivity contribution in [2.24, 2.45) is 0 Å². The van der Waals surface area contributed by atoms with E-state index in [-0.39, 0.29) is 12.6 Å². The summed E-state index contributed by atoms with van der Waals surface area (Å²) in [6, 6.07) is 13.3. The van der Waals surface area contributed by atoms with Crippen molar-refractivity contribution < 1.29 is 5.11 Å². The van der Waals surface area contributed by atoms with Gasteiger partial charge in [0.15, 0.2) is 0 Å². The third-order valence-corrected chi connectivity index (χ3v) is 4.16. The van der Waals surface area contributed by atoms with E-state index in [9.17, 15) is 5.11 Å². The van der Waals surface area contributed by atoms with E-state index in [1.54, 1.807) is 0 Å². The van der Waals surface area contributed by atoms with E-state index in [0.29, 0.717) is 0 Å². The van der Waals surface area contributed by atoms with Crippen LogP contribution in [0.4, 0.5) is 0 Å². The first-order chi connectivity index (χ1) is 9.28. The van der Waals surface area contributed by atoms with E-state index in [4.69, 9.17) is 0 Å². The lowest BCUT2D eigenvalue weighted by atomic mass is 10.0. The van der Waals surface area contributed by atoms with Gasteiger partial charge in [0.2, 0.25) is 0 Å². The fourth-order valence-electron chi connectivity index (χ4n) is 3.08. The average molecular weight is 255 g/mol. The lowest BCUT2D eigenvalue weighted by Gasteiger charge is -2.26. The molecule has 0 aliphatic carbocycles. The molecule has 3 rings (SSSR count). The van der Waals surface area contributed by atoms with Crippen LogP contribution >= 0.6 is 0 Å². The number of likely N-dealkylation sites (tertiary alicyclic amines) is 1. The van der Waals surface area contributed by atoms with Crippen molar-refractivity contribution in [2.45, 2.75) is 25.8 Å². The number of fused-ring (bicyclic) bond motifs is 1. The molecule has 1 heterocycles. The minimum absolute atomic E-state index is 0.160. The minimum Gasteiger partial charge on any atom is -0.394 e. The molecule has 2 aromatic rings. The normalized spacial score (nSPS) is 18.0. The van der Waals surface area contributed by atoms with E-state index >= 15 is 0 Å². The summed E-state index contributed by atoms with van der Waals surface area (Å²) in [7, 11) is 0. The van der Waals surface area contributed by atoms with Gasteiger partial charge in [-0.1, -0.05) is 35.9 Å². The molecule has 1 N–H and O–H groups in total. The van der Waals surface area contributed by atoms with E-state index < -0.39 is 0 Å². The van der Waals surface area contributed by atoms with Gasteiger partial charge in [0, 0.05) is 0 Å². The first-order valence-electron chi connectivity index (χ1n) is 7.13. The zero-order valence-electron chi connectivity index (χ0n) is 11.5. The van der Waals surface area contributed by atoms with Crippen molar-refractivity contribution in [3.8, 4) is 0 Å². The van der Waals surface area contributed by atoms with Crippen LogP contribution in [0.1, 0.15) is 30.0 Å². The summed E-state index contributed by atoms with van der Waals surface area (Å²) in [5.41, 5.74) is 2.53. The molecule has 2 nitrogen and oxygen atoms in total. The maximum absolute atomic E-state index is 9.71. The molecule has 2 aromatic carbocycles. The second-order valence-electron chi connectivity index (χ2n) is 5.55. The smallest absolute Gasteiger partial charge is 0.0628 e. The Morgan fingerprint density at radius 1 is 1.05 bits per heavy atom. The zero-order chi connectivity index (χ0) is 13.2. The number of aliphatic hydroxyl groups excluding tert-OH is 1. The number of hydrogen-bond donors (Lipinski definition) is 1. The molecule has 1 atom stereocenters. The van der Waals surface area contributed by atoms with Crippen molar-refractivity contribution in [1.82, 2.24) is 4.90 Å². The maximum atomic E-state index is 9.71. The molecule has 2 heteroatoms. The number of hydrogen-bond acceptors (Lipinski definition) is 2. The molecule has 1 aliphatic rings. The first-order valence-corrected chi connectivity index (χ1v) is 7.13. The molecule has 1 saturated heterocycles. The van der Waals surface area contributed by atoms with Gasteiger partial charge in [-0.15, -0.1) is 0 Å². The van der Waals surface area contributed by atoms with Gasteiger partial charge < -0.3 is 5.11 Å². The van der Waals surface area contributed by atoms with E-state index in [0.717, 1.165) is 13.1 Å². The van der Waals surface area contributed by atoms with Crippen LogP contribution in [0.5, 0.6) is 0 Å². The number of aliphatic hydroxyl groups is 1. The quantitative estimate of drug-likeness (QED) is 0.910. The maximum Gasteiger partial charge on any atom is 0.0628 e. The topological polar surface area (TPSA) is 23.5 Å². The summed E-state index contributed by atoms with van der Waals surface area (Å²) in [6.07, 6.45) is 2.51. The Labute approximate surface area is 114 Å². The standard InChI is InChI=1S/C17H21NO/c1-13-4-5-15-11-16(7-6-14(15)10-13)17(12-19)18-8-2-3-9-18/h4-7,10-11,17,19H,2-3,8-9,12H2,1H3. The predicted molar refractivity (Wildman–Crippen MR) is 79.3 cm³/mol. The minimum atomic E-state index is 0.160. The predicted octanol–water partition coefficient (Wildman–Crippen LogP) is 3.28. The monoisotopic (exact) mass is 255 g/mol. The Balaban J connectivity index is 1.96. The number of benzene rings is 2. The Morgan fingerprint density at radius 2 is 1.74 bits per heavy atom. The highest BCUT2D eigenvalue weighted by Gasteiger charge is 2.22. The van der Waals surface area contributed by atoms with Crippen LogP contribution in [0, 0.1) is 6.92 Å². The molecule has 0 aromatic heterocycles. The highest BCUT2D eigenvalue weighted by atomic mass is 16.3. The lowest BCUT2D eigenvalue weighted by molar-refractivity contribution is 0.147. The average Bonchev–Trinajstić information content (AvgIpc) is 2.93. The fourth-order valence-corrected chi connectivity index (χ4v) is 3.08. The van der Waals surface area contributed by atoms with E-state index in [1.165, 1.54) is 34.7 Å². The molecule has 0 saturated carbocycles. The molecule has 1 unspecified atom stereocenters. The van der Waals surface area contributed by atoms with Crippen molar-refractivity contribution >= 4 is 10.8 Å². The van der Waals surface area contributed by atoms with Gasteiger partial charge in [-0.3, -0.25) is 4.90 Å². The second kappa shape index (κ2) is 5.32. The second-order valence-corrected chi connectivity index (χ2v) is 5.55. The van der Waals surface area contributed by atoms with Crippen LogP contribution in [-0.4, -0.2) is 29.7 Å². The van der Waals surface area contributed by atoms with Crippen LogP contribution in [0.15, 0.2) is 36.4 Å². The van der Waals surface area contributed by atoms with Gasteiger partial charge in [0.1, 0.15) is 0 Å². The fraction of sp³-hybridized carbons (Fsp3) is 0.412. The summed E-state index contributed by atoms with van der Waals surface area (Å²) in [6.45, 7) is 4.54. The molecule has 1 fully saturated rings. The summed E-state index contributed by atoms with van der Waals surface area (Å²) < 4.78 is 0. The van der Waals surface area contributed by atoms with Crippen molar-refractivity contribution in [1.29, 1.82) is 0 Å². The van der Waals surface area contributed by atoms with Crippen molar-refractivity contribution in [2.75, 3.05) is 19.7 Å². The van der Waals surface area contributed by atoms with E-state index in [2.05, 4.69) is 48.2 Å². The molecule has 19 heavy (non-hydrogen) atoms. The van der Waals surface area contributed by atoms with Gasteiger partial charge >= 0.3 is 0 Å². The third kappa shape index (κ3) is 2.51. The summed E-state index contributed by atoms with van der Waals surface area (Å²) in [4.78, 5) is 2.40. The molecule has 0 amide bonds. The molecule has 0 radical (unpaired) electrons. The largest absolute Gasteiger partial charge is 0.394 e. The first kappa shape index (κ1) is 12.6. The SMILES string of the molecule is Cc1ccc2cc(C(CO)N3CCCC3)ccc2c1. The van der Waals surface area contributed by atoms with Crippen LogP contribution in [-0.2, 0) is 0 Å². The molecule has 0 bridgehead atoms. The Bertz CT molecular complexity index is 572. The Morgan fingerprint density at radius 3 is 2.47 bits per heavy atom. The number of rotatable bonds is 3. The van der Waals surface area contributed by atoms with E-state index in [1.807, 2.05) is 0 Å². The summed E-state index contributed by atoms with van der Waals surface area (Å²) in [5.74, 6) is 0. The molecule has 100 valence electrons. The van der Waals surface area contributed by atoms with Crippen LogP contribution in [0.3, 0.4) is 0 Å². The Kier molecular flexibility index (Phi) is 3.54. The summed E-state index contributed by atoms with van der Waals surface area (Å²) >= 11 is 0. The van der Waals surface area contributed by atoms with Gasteiger partial charge in [-0.2, -0.15) is 0 Å². The van der Waals surface area contributed by atoms with Gasteiger partial charge in [0.25, 0.3) is 0 Å². The molecule has 1 aliphatic heterocycles. The number of aryl methyl sites for hydroxylation is 1. The molecular weight excluding hydrogens is 234 g/mol.